The van der Waals surface area contributed by atoms with Crippen LogP contribution in [0.15, 0.2) is 72.2 Å². The van der Waals surface area contributed by atoms with E-state index >= 15 is 0 Å². The van der Waals surface area contributed by atoms with Crippen LogP contribution in [0, 0.1) is 0 Å². The zero-order valence-corrected chi connectivity index (χ0v) is 17.2. The maximum atomic E-state index is 11.2. The Morgan fingerprint density at radius 3 is 1.87 bits per heavy atom. The summed E-state index contributed by atoms with van der Waals surface area (Å²) in [6, 6.07) is 17.9. The molecule has 2 aromatic rings. The Balaban J connectivity index is 2.31. The highest BCUT2D eigenvalue weighted by Gasteiger charge is 2.46. The Hall–Kier alpha value is -2.64. The molecule has 6 heteroatoms. The molecule has 0 saturated heterocycles. The second-order valence-corrected chi connectivity index (χ2v) is 6.99. The van der Waals surface area contributed by atoms with Crippen LogP contribution in [0.3, 0.4) is 0 Å². The highest BCUT2D eigenvalue weighted by atomic mass is 16.5. The Morgan fingerprint density at radius 2 is 1.40 bits per heavy atom. The van der Waals surface area contributed by atoms with E-state index in [0.29, 0.717) is 5.56 Å². The van der Waals surface area contributed by atoms with Gasteiger partial charge in [0.05, 0.1) is 6.61 Å². The first-order valence-corrected chi connectivity index (χ1v) is 9.95. The third-order valence-corrected chi connectivity index (χ3v) is 4.92. The Morgan fingerprint density at radius 1 is 0.900 bits per heavy atom. The number of rotatable bonds is 10. The lowest BCUT2D eigenvalue weighted by Gasteiger charge is -2.37. The van der Waals surface area contributed by atoms with E-state index in [-0.39, 0.29) is 18.8 Å². The van der Waals surface area contributed by atoms with E-state index in [1.807, 2.05) is 18.2 Å². The van der Waals surface area contributed by atoms with Crippen LogP contribution in [0.25, 0.3) is 12.2 Å². The summed E-state index contributed by atoms with van der Waals surface area (Å²) in [7, 11) is 0. The van der Waals surface area contributed by atoms with Crippen LogP contribution in [0.4, 0.5) is 0 Å². The molecule has 0 saturated carbocycles. The zero-order chi connectivity index (χ0) is 22.1. The van der Waals surface area contributed by atoms with Crippen LogP contribution < -0.4 is 0 Å². The van der Waals surface area contributed by atoms with E-state index in [9.17, 15) is 25.5 Å². The predicted molar refractivity (Wildman–Crippen MR) is 116 cm³/mol. The average molecular weight is 414 g/mol. The van der Waals surface area contributed by atoms with Gasteiger partial charge in [0.15, 0.2) is 0 Å². The first-order chi connectivity index (χ1) is 14.3. The van der Waals surface area contributed by atoms with E-state index in [0.717, 1.165) is 5.56 Å². The van der Waals surface area contributed by atoms with Crippen LogP contribution in [0.2, 0.25) is 0 Å². The minimum absolute atomic E-state index is 0.000223. The molecule has 0 bridgehead atoms. The molecule has 2 aromatic carbocycles. The molecule has 0 heterocycles. The van der Waals surface area contributed by atoms with Gasteiger partial charge in [0.2, 0.25) is 0 Å². The van der Waals surface area contributed by atoms with Gasteiger partial charge in [-0.1, -0.05) is 67.6 Å². The Bertz CT molecular complexity index is 833. The molecule has 0 aliphatic heterocycles. The smallest absolute Gasteiger partial charge is 0.149 e. The summed E-state index contributed by atoms with van der Waals surface area (Å²) >= 11 is 0. The average Bonchev–Trinajstić information content (AvgIpc) is 2.78. The van der Waals surface area contributed by atoms with E-state index in [1.54, 1.807) is 62.4 Å². The second kappa shape index (κ2) is 10.9. The van der Waals surface area contributed by atoms with E-state index in [4.69, 9.17) is 4.74 Å². The SMILES string of the molecule is CCOC(=Cc1ccccc1)[C@@](O)(CC)[C@@H](O)[C@H](O)[C@H](O)C(O)=Cc1ccccc1. The standard InChI is InChI=1S/C24H30O6/c1-3-24(29,20(30-4-2)16-18-13-9-6-10-14-18)23(28)22(27)21(26)19(25)15-17-11-7-5-8-12-17/h5-16,21-23,25-29H,3-4H2,1-2H3/t21-,22-,23+,24+/m1/s1. The predicted octanol–water partition coefficient (Wildman–Crippen LogP) is 2.89. The molecule has 0 unspecified atom stereocenters. The molecular formula is C24H30O6. The fourth-order valence-corrected chi connectivity index (χ4v) is 3.11. The summed E-state index contributed by atoms with van der Waals surface area (Å²) in [5.74, 6) is -0.472. The van der Waals surface area contributed by atoms with Crippen LogP contribution >= 0.6 is 0 Å². The molecule has 162 valence electrons. The van der Waals surface area contributed by atoms with E-state index < -0.39 is 29.7 Å². The van der Waals surface area contributed by atoms with Crippen LogP contribution in [-0.2, 0) is 4.74 Å². The summed E-state index contributed by atoms with van der Waals surface area (Å²) in [5, 5.41) is 53.1. The molecule has 0 aromatic heterocycles. The quantitative estimate of drug-likeness (QED) is 0.383. The van der Waals surface area contributed by atoms with Gasteiger partial charge in [0.25, 0.3) is 0 Å². The first kappa shape index (κ1) is 23.6. The molecule has 5 N–H and O–H groups in total. The molecular weight excluding hydrogens is 384 g/mol. The molecule has 2 rings (SSSR count). The number of aliphatic hydroxyl groups excluding tert-OH is 4. The number of aliphatic hydroxyl groups is 5. The first-order valence-electron chi connectivity index (χ1n) is 9.95. The minimum Gasteiger partial charge on any atom is -0.509 e. The molecule has 6 nitrogen and oxygen atoms in total. The van der Waals surface area contributed by atoms with Crippen molar-refractivity contribution >= 4 is 12.2 Å². The highest BCUT2D eigenvalue weighted by Crippen LogP contribution is 2.31. The van der Waals surface area contributed by atoms with Gasteiger partial charge in [-0.25, -0.2) is 0 Å². The van der Waals surface area contributed by atoms with Crippen LogP contribution in [0.1, 0.15) is 31.4 Å². The van der Waals surface area contributed by atoms with Gasteiger partial charge >= 0.3 is 0 Å². The summed E-state index contributed by atoms with van der Waals surface area (Å²) in [4.78, 5) is 0. The molecule has 0 spiro atoms. The lowest BCUT2D eigenvalue weighted by atomic mass is 9.84. The van der Waals surface area contributed by atoms with E-state index in [1.165, 1.54) is 6.08 Å². The van der Waals surface area contributed by atoms with Crippen LogP contribution in [0.5, 0.6) is 0 Å². The molecule has 0 amide bonds. The minimum atomic E-state index is -1.99. The van der Waals surface area contributed by atoms with Crippen molar-refractivity contribution < 1.29 is 30.3 Å². The molecule has 0 radical (unpaired) electrons. The lowest BCUT2D eigenvalue weighted by molar-refractivity contribution is -0.151. The lowest BCUT2D eigenvalue weighted by Crippen LogP contribution is -2.54. The fourth-order valence-electron chi connectivity index (χ4n) is 3.11. The number of benzene rings is 2. The highest BCUT2D eigenvalue weighted by molar-refractivity contribution is 5.54. The van der Waals surface area contributed by atoms with Gasteiger partial charge in [0, 0.05) is 0 Å². The normalized spacial score (nSPS) is 17.7. The van der Waals surface area contributed by atoms with Crippen molar-refractivity contribution in [2.24, 2.45) is 0 Å². The second-order valence-electron chi connectivity index (χ2n) is 6.99. The third kappa shape index (κ3) is 5.70. The van der Waals surface area contributed by atoms with Gasteiger partial charge in [0.1, 0.15) is 35.4 Å². The summed E-state index contributed by atoms with van der Waals surface area (Å²) in [5.41, 5.74) is -0.637. The summed E-state index contributed by atoms with van der Waals surface area (Å²) < 4.78 is 5.59. The number of hydrogen-bond donors (Lipinski definition) is 5. The van der Waals surface area contributed by atoms with Gasteiger partial charge in [-0.15, -0.1) is 0 Å². The van der Waals surface area contributed by atoms with Crippen LogP contribution in [-0.4, -0.2) is 56.1 Å². The third-order valence-electron chi connectivity index (χ3n) is 4.92. The molecule has 0 aliphatic carbocycles. The largest absolute Gasteiger partial charge is 0.509 e. The van der Waals surface area contributed by atoms with Gasteiger partial charge in [-0.3, -0.25) is 0 Å². The molecule has 0 aliphatic rings. The topological polar surface area (TPSA) is 110 Å². The van der Waals surface area contributed by atoms with Gasteiger partial charge in [-0.05, 0) is 36.6 Å². The fraction of sp³-hybridized carbons (Fsp3) is 0.333. The Kier molecular flexibility index (Phi) is 8.62. The maximum absolute atomic E-state index is 11.2. The van der Waals surface area contributed by atoms with Crippen molar-refractivity contribution in [1.29, 1.82) is 0 Å². The van der Waals surface area contributed by atoms with E-state index in [2.05, 4.69) is 0 Å². The number of ether oxygens (including phenoxy) is 1. The maximum Gasteiger partial charge on any atom is 0.149 e. The molecule has 4 atom stereocenters. The Labute approximate surface area is 177 Å². The zero-order valence-electron chi connectivity index (χ0n) is 17.2. The van der Waals surface area contributed by atoms with Crippen molar-refractivity contribution in [3.05, 3.63) is 83.3 Å². The van der Waals surface area contributed by atoms with Gasteiger partial charge in [-0.2, -0.15) is 0 Å². The van der Waals surface area contributed by atoms with Crippen molar-refractivity contribution in [2.45, 2.75) is 44.2 Å². The van der Waals surface area contributed by atoms with Crippen molar-refractivity contribution in [3.63, 3.8) is 0 Å². The summed E-state index contributed by atoms with van der Waals surface area (Å²) in [6.45, 7) is 3.59. The molecule has 0 fully saturated rings. The van der Waals surface area contributed by atoms with Crippen molar-refractivity contribution in [3.8, 4) is 0 Å². The van der Waals surface area contributed by atoms with Crippen molar-refractivity contribution in [1.82, 2.24) is 0 Å². The number of hydrogen-bond acceptors (Lipinski definition) is 6. The molecule has 30 heavy (non-hydrogen) atoms. The monoisotopic (exact) mass is 414 g/mol. The van der Waals surface area contributed by atoms with Gasteiger partial charge < -0.3 is 30.3 Å². The van der Waals surface area contributed by atoms with Crippen molar-refractivity contribution in [2.75, 3.05) is 6.61 Å². The summed E-state index contributed by atoms with van der Waals surface area (Å²) in [6.07, 6.45) is -2.64.